The Labute approximate surface area is 214 Å². The van der Waals surface area contributed by atoms with Crippen LogP contribution in [0.1, 0.15) is 42.6 Å². The molecule has 2 aliphatic rings. The predicted molar refractivity (Wildman–Crippen MR) is 140 cm³/mol. The van der Waals surface area contributed by atoms with Crippen LogP contribution in [0.15, 0.2) is 53.9 Å². The standard InChI is InChI=1S/C28H28N4O3S/c1-17(2)12-23(31(3)25(33)19-9-8-18-10-11-36-24(18)13-19)26(34)32-16-28(14-20(32)15-29)21-6-4-5-7-22(21)30-27(28)35/h4-11,13,17,20,23H,12,14,16H2,1-3H3,(H,30,35)/t20?,23-,28-/m0/s1. The second kappa shape index (κ2) is 9.07. The van der Waals surface area contributed by atoms with Gasteiger partial charge in [0.1, 0.15) is 12.1 Å². The van der Waals surface area contributed by atoms with Crippen LogP contribution in [0.3, 0.4) is 0 Å². The summed E-state index contributed by atoms with van der Waals surface area (Å²) in [6.07, 6.45) is 0.686. The summed E-state index contributed by atoms with van der Waals surface area (Å²) >= 11 is 1.57. The highest BCUT2D eigenvalue weighted by Gasteiger charge is 2.56. The van der Waals surface area contributed by atoms with Crippen molar-refractivity contribution < 1.29 is 14.4 Å². The van der Waals surface area contributed by atoms with Gasteiger partial charge in [-0.3, -0.25) is 14.4 Å². The molecule has 8 heteroatoms. The Kier molecular flexibility index (Phi) is 6.05. The lowest BCUT2D eigenvalue weighted by Crippen LogP contribution is -2.52. The van der Waals surface area contributed by atoms with Crippen molar-refractivity contribution >= 4 is 44.8 Å². The van der Waals surface area contributed by atoms with Crippen LogP contribution in [-0.2, 0) is 15.0 Å². The van der Waals surface area contributed by atoms with Crippen LogP contribution in [0.5, 0.6) is 0 Å². The van der Waals surface area contributed by atoms with Crippen molar-refractivity contribution in [2.75, 3.05) is 18.9 Å². The largest absolute Gasteiger partial charge is 0.330 e. The summed E-state index contributed by atoms with van der Waals surface area (Å²) in [5.74, 6) is -0.581. The van der Waals surface area contributed by atoms with Gasteiger partial charge in [-0.15, -0.1) is 11.3 Å². The number of para-hydroxylation sites is 1. The zero-order valence-electron chi connectivity index (χ0n) is 20.5. The highest BCUT2D eigenvalue weighted by atomic mass is 32.1. The quantitative estimate of drug-likeness (QED) is 0.562. The molecule has 5 rings (SSSR count). The summed E-state index contributed by atoms with van der Waals surface area (Å²) < 4.78 is 1.01. The molecular formula is C28H28N4O3S. The van der Waals surface area contributed by atoms with Crippen LogP contribution in [0, 0.1) is 17.2 Å². The van der Waals surface area contributed by atoms with Gasteiger partial charge in [0.15, 0.2) is 0 Å². The van der Waals surface area contributed by atoms with E-state index in [2.05, 4.69) is 11.4 Å². The van der Waals surface area contributed by atoms with E-state index in [1.54, 1.807) is 24.5 Å². The lowest BCUT2D eigenvalue weighted by molar-refractivity contribution is -0.136. The number of likely N-dealkylation sites (N-methyl/N-ethyl adjacent to an activating group) is 1. The molecule has 2 aliphatic heterocycles. The van der Waals surface area contributed by atoms with Gasteiger partial charge in [-0.05, 0) is 52.9 Å². The number of amides is 3. The Balaban J connectivity index is 1.46. The van der Waals surface area contributed by atoms with Gasteiger partial charge < -0.3 is 15.1 Å². The molecule has 3 atom stereocenters. The van der Waals surface area contributed by atoms with E-state index in [-0.39, 0.29) is 36.6 Å². The topological polar surface area (TPSA) is 93.5 Å². The van der Waals surface area contributed by atoms with Crippen molar-refractivity contribution in [3.8, 4) is 6.07 Å². The lowest BCUT2D eigenvalue weighted by Gasteiger charge is -2.33. The first-order valence-electron chi connectivity index (χ1n) is 12.1. The molecule has 0 bridgehead atoms. The highest BCUT2D eigenvalue weighted by Crippen LogP contribution is 2.46. The summed E-state index contributed by atoms with van der Waals surface area (Å²) in [7, 11) is 1.65. The van der Waals surface area contributed by atoms with Gasteiger partial charge in [0.05, 0.1) is 11.5 Å². The van der Waals surface area contributed by atoms with Crippen molar-refractivity contribution in [2.45, 2.75) is 44.2 Å². The van der Waals surface area contributed by atoms with E-state index < -0.39 is 17.5 Å². The molecule has 2 aromatic carbocycles. The van der Waals surface area contributed by atoms with Crippen molar-refractivity contribution in [1.82, 2.24) is 9.80 Å². The number of likely N-dealkylation sites (tertiary alicyclic amines) is 1. The van der Waals surface area contributed by atoms with Crippen LogP contribution in [0.2, 0.25) is 0 Å². The minimum atomic E-state index is -0.957. The molecule has 1 unspecified atom stereocenters. The minimum Gasteiger partial charge on any atom is -0.330 e. The lowest BCUT2D eigenvalue weighted by atomic mass is 9.80. The minimum absolute atomic E-state index is 0.116. The zero-order chi connectivity index (χ0) is 25.6. The van der Waals surface area contributed by atoms with E-state index in [9.17, 15) is 19.6 Å². The van der Waals surface area contributed by atoms with Crippen LogP contribution >= 0.6 is 11.3 Å². The van der Waals surface area contributed by atoms with Crippen molar-refractivity contribution in [2.24, 2.45) is 5.92 Å². The number of hydrogen-bond donors (Lipinski definition) is 1. The molecule has 3 aromatic rings. The normalized spacial score (nSPS) is 21.5. The maximum Gasteiger partial charge on any atom is 0.254 e. The van der Waals surface area contributed by atoms with Crippen LogP contribution in [0.4, 0.5) is 5.69 Å². The Morgan fingerprint density at radius 1 is 1.25 bits per heavy atom. The molecule has 1 spiro atoms. The Hall–Kier alpha value is -3.70. The molecule has 1 aromatic heterocycles. The SMILES string of the molecule is CC(C)C[C@@H](C(=O)N1C[C@]2(CC1C#N)C(=O)Nc1ccccc12)N(C)C(=O)c1ccc2ccsc2c1. The number of nitrogens with zero attached hydrogens (tertiary/aromatic N) is 3. The molecule has 184 valence electrons. The fourth-order valence-electron chi connectivity index (χ4n) is 5.48. The molecule has 36 heavy (non-hydrogen) atoms. The first-order chi connectivity index (χ1) is 17.2. The number of benzene rings is 2. The zero-order valence-corrected chi connectivity index (χ0v) is 21.3. The number of nitriles is 1. The summed E-state index contributed by atoms with van der Waals surface area (Å²) in [4.78, 5) is 43.6. The van der Waals surface area contributed by atoms with Gasteiger partial charge in [-0.1, -0.05) is 38.1 Å². The third-order valence-electron chi connectivity index (χ3n) is 7.39. The third kappa shape index (κ3) is 3.84. The number of nitrogens with one attached hydrogen (secondary N) is 1. The maximum atomic E-state index is 14.0. The van der Waals surface area contributed by atoms with Crippen molar-refractivity contribution in [3.63, 3.8) is 0 Å². The highest BCUT2D eigenvalue weighted by molar-refractivity contribution is 7.17. The van der Waals surface area contributed by atoms with Gasteiger partial charge in [0, 0.05) is 36.0 Å². The molecule has 7 nitrogen and oxygen atoms in total. The van der Waals surface area contributed by atoms with Gasteiger partial charge in [0.25, 0.3) is 5.91 Å². The summed E-state index contributed by atoms with van der Waals surface area (Å²) in [5, 5.41) is 16.0. The molecule has 3 heterocycles. The molecule has 1 fully saturated rings. The van der Waals surface area contributed by atoms with Crippen LogP contribution < -0.4 is 5.32 Å². The van der Waals surface area contributed by atoms with E-state index in [1.807, 2.05) is 61.7 Å². The van der Waals surface area contributed by atoms with Crippen molar-refractivity contribution in [1.29, 1.82) is 5.26 Å². The molecule has 0 saturated carbocycles. The fraction of sp³-hybridized carbons (Fsp3) is 0.357. The van der Waals surface area contributed by atoms with Gasteiger partial charge in [-0.25, -0.2) is 0 Å². The second-order valence-corrected chi connectivity index (χ2v) is 11.1. The Morgan fingerprint density at radius 3 is 2.78 bits per heavy atom. The molecule has 1 saturated heterocycles. The Bertz CT molecular complexity index is 1410. The molecule has 3 amide bonds. The van der Waals surface area contributed by atoms with E-state index in [1.165, 1.54) is 9.80 Å². The molecule has 1 N–H and O–H groups in total. The first-order valence-corrected chi connectivity index (χ1v) is 13.0. The van der Waals surface area contributed by atoms with Gasteiger partial charge in [-0.2, -0.15) is 5.26 Å². The average Bonchev–Trinajstić information content (AvgIpc) is 3.57. The number of hydrogen-bond acceptors (Lipinski definition) is 5. The number of carbonyl (C=O) groups excluding carboxylic acids is 3. The van der Waals surface area contributed by atoms with E-state index in [0.717, 1.165) is 21.3 Å². The van der Waals surface area contributed by atoms with Crippen LogP contribution in [0.25, 0.3) is 10.1 Å². The van der Waals surface area contributed by atoms with E-state index in [4.69, 9.17) is 0 Å². The number of rotatable bonds is 5. The number of carbonyl (C=O) groups is 3. The Morgan fingerprint density at radius 2 is 2.03 bits per heavy atom. The van der Waals surface area contributed by atoms with Gasteiger partial charge >= 0.3 is 0 Å². The van der Waals surface area contributed by atoms with E-state index in [0.29, 0.717) is 12.0 Å². The van der Waals surface area contributed by atoms with Crippen molar-refractivity contribution in [3.05, 3.63) is 65.0 Å². The summed E-state index contributed by atoms with van der Waals surface area (Å²) in [5.41, 5.74) is 1.11. The predicted octanol–water partition coefficient (Wildman–Crippen LogP) is 4.40. The van der Waals surface area contributed by atoms with Crippen LogP contribution in [-0.4, -0.2) is 53.2 Å². The molecule has 0 aliphatic carbocycles. The smallest absolute Gasteiger partial charge is 0.254 e. The first kappa shape index (κ1) is 24.0. The average molecular weight is 501 g/mol. The fourth-order valence-corrected chi connectivity index (χ4v) is 6.31. The summed E-state index contributed by atoms with van der Waals surface area (Å²) in [6.45, 7) is 4.12. The second-order valence-electron chi connectivity index (χ2n) is 10.1. The molecule has 0 radical (unpaired) electrons. The summed E-state index contributed by atoms with van der Waals surface area (Å²) in [6, 6.07) is 15.8. The van der Waals surface area contributed by atoms with E-state index >= 15 is 0 Å². The third-order valence-corrected chi connectivity index (χ3v) is 8.27. The van der Waals surface area contributed by atoms with Gasteiger partial charge in [0.2, 0.25) is 11.8 Å². The number of thiophene rings is 1. The monoisotopic (exact) mass is 500 g/mol. The number of fused-ring (bicyclic) bond motifs is 3. The number of anilines is 1. The molecular weight excluding hydrogens is 472 g/mol. The maximum absolute atomic E-state index is 14.0.